The van der Waals surface area contributed by atoms with Crippen LogP contribution >= 0.6 is 7.60 Å². The number of hydrogen-bond acceptors (Lipinski definition) is 6. The molecule has 0 bridgehead atoms. The van der Waals surface area contributed by atoms with Crippen molar-refractivity contribution in [1.29, 1.82) is 0 Å². The number of aromatic nitrogens is 1. The number of benzene rings is 3. The van der Waals surface area contributed by atoms with Gasteiger partial charge in [-0.05, 0) is 53.9 Å². The molecule has 0 aliphatic carbocycles. The van der Waals surface area contributed by atoms with Crippen molar-refractivity contribution in [2.45, 2.75) is 18.4 Å². The highest BCUT2D eigenvalue weighted by Gasteiger charge is 2.39. The van der Waals surface area contributed by atoms with Gasteiger partial charge in [0, 0.05) is 22.7 Å². The number of fused-ring (bicyclic) bond motifs is 2. The molecule has 3 aromatic carbocycles. The minimum atomic E-state index is -4.96. The number of para-hydroxylation sites is 1. The van der Waals surface area contributed by atoms with Gasteiger partial charge in [-0.25, -0.2) is 9.18 Å². The second-order valence-electron chi connectivity index (χ2n) is 9.33. The molecule has 5 rings (SSSR count). The van der Waals surface area contributed by atoms with Crippen LogP contribution < -0.4 is 20.6 Å². The van der Waals surface area contributed by atoms with Crippen LogP contribution in [-0.2, 0) is 15.8 Å². The van der Waals surface area contributed by atoms with E-state index in [4.69, 9.17) is 4.65 Å². The van der Waals surface area contributed by atoms with E-state index < -0.39 is 55.6 Å². The van der Waals surface area contributed by atoms with Gasteiger partial charge in [-0.15, -0.1) is 0 Å². The molecule has 0 saturated carbocycles. The Balaban J connectivity index is 1.46. The van der Waals surface area contributed by atoms with Crippen molar-refractivity contribution in [2.24, 2.45) is 0 Å². The third-order valence-electron chi connectivity index (χ3n) is 6.67. The first kappa shape index (κ1) is 28.1. The molecule has 4 aromatic rings. The summed E-state index contributed by atoms with van der Waals surface area (Å²) in [6.45, 7) is 0. The average Bonchev–Trinajstić information content (AvgIpc) is 3.40. The van der Waals surface area contributed by atoms with Gasteiger partial charge >= 0.3 is 20.7 Å². The summed E-state index contributed by atoms with van der Waals surface area (Å²) in [5, 5.41) is 24.7. The minimum Gasteiger partial charge on any atom is -0.534 e. The standard InChI is InChI=1S/C26H22BFN3O9P/c28-18-11-13(7-8-20(18)41(37,38)39)22(31-24(32)16-4-2-6-19-15(16)9-10-29-19)25(33)30-21-12-14-3-1-5-17(26(34)35)23(14)40-27(21)36/h1-11,21-22,29,36H,12H2,(H,30,33)(H,31,32)(H,34,35)(H2,37,38,39)/t21-,22+/m0/s1. The first-order chi connectivity index (χ1) is 19.4. The molecule has 0 unspecified atom stereocenters. The van der Waals surface area contributed by atoms with E-state index in [2.05, 4.69) is 15.6 Å². The Morgan fingerprint density at radius 3 is 2.51 bits per heavy atom. The van der Waals surface area contributed by atoms with Gasteiger partial charge in [-0.3, -0.25) is 14.2 Å². The molecular formula is C26H22BFN3O9P. The fourth-order valence-electron chi connectivity index (χ4n) is 4.71. The lowest BCUT2D eigenvalue weighted by Gasteiger charge is -2.30. The first-order valence-electron chi connectivity index (χ1n) is 12.2. The normalized spacial score (nSPS) is 15.5. The van der Waals surface area contributed by atoms with Crippen molar-refractivity contribution in [3.63, 3.8) is 0 Å². The van der Waals surface area contributed by atoms with Crippen LogP contribution in [0.2, 0.25) is 0 Å². The Kier molecular flexibility index (Phi) is 7.41. The second kappa shape index (κ2) is 10.8. The highest BCUT2D eigenvalue weighted by Crippen LogP contribution is 2.35. The van der Waals surface area contributed by atoms with Gasteiger partial charge in [0.1, 0.15) is 17.6 Å². The van der Waals surface area contributed by atoms with Crippen LogP contribution in [0.1, 0.15) is 37.9 Å². The van der Waals surface area contributed by atoms with Crippen molar-refractivity contribution < 1.29 is 47.9 Å². The van der Waals surface area contributed by atoms with Gasteiger partial charge in [-0.2, -0.15) is 0 Å². The number of carboxylic acid groups (broad SMARTS) is 1. The maximum Gasteiger partial charge on any atom is 0.547 e. The van der Waals surface area contributed by atoms with Gasteiger partial charge in [0.2, 0.25) is 5.91 Å². The summed E-state index contributed by atoms with van der Waals surface area (Å²) >= 11 is 0. The van der Waals surface area contributed by atoms with Gasteiger partial charge in [0.05, 0.1) is 16.8 Å². The number of carbonyl (C=O) groups excluding carboxylic acids is 2. The van der Waals surface area contributed by atoms with Crippen LogP contribution in [0, 0.1) is 5.82 Å². The summed E-state index contributed by atoms with van der Waals surface area (Å²) in [4.78, 5) is 60.2. The van der Waals surface area contributed by atoms with Crippen molar-refractivity contribution in [1.82, 2.24) is 15.6 Å². The smallest absolute Gasteiger partial charge is 0.534 e. The van der Waals surface area contributed by atoms with E-state index in [0.717, 1.165) is 18.2 Å². The van der Waals surface area contributed by atoms with E-state index in [1.54, 1.807) is 30.5 Å². The Bertz CT molecular complexity index is 1740. The number of rotatable bonds is 7. The van der Waals surface area contributed by atoms with E-state index in [1.807, 2.05) is 0 Å². The van der Waals surface area contributed by atoms with Crippen LogP contribution in [0.5, 0.6) is 5.75 Å². The van der Waals surface area contributed by atoms with Gasteiger partial charge < -0.3 is 40.2 Å². The zero-order chi connectivity index (χ0) is 29.5. The molecule has 2 heterocycles. The predicted octanol–water partition coefficient (Wildman–Crippen LogP) is 1.42. The van der Waals surface area contributed by atoms with Crippen LogP contribution in [0.25, 0.3) is 10.9 Å². The highest BCUT2D eigenvalue weighted by atomic mass is 31.2. The monoisotopic (exact) mass is 581 g/mol. The molecule has 0 spiro atoms. The Morgan fingerprint density at radius 2 is 1.80 bits per heavy atom. The SMILES string of the molecule is O=C(O)c1cccc2c1OB(O)[C@@H](NC(=O)[C@H](NC(=O)c1cccc3[nH]ccc13)c1ccc(P(=O)(O)O)c(F)c1)C2. The molecule has 12 nitrogen and oxygen atoms in total. The summed E-state index contributed by atoms with van der Waals surface area (Å²) in [5.41, 5.74) is 0.947. The number of hydrogen-bond donors (Lipinski definition) is 7. The number of aromatic carboxylic acids is 1. The fraction of sp³-hybridized carbons (Fsp3) is 0.115. The van der Waals surface area contributed by atoms with Gasteiger partial charge in [-0.1, -0.05) is 24.3 Å². The molecule has 0 saturated heterocycles. The molecule has 2 atom stereocenters. The molecular weight excluding hydrogens is 559 g/mol. The molecule has 1 aliphatic rings. The van der Waals surface area contributed by atoms with E-state index >= 15 is 0 Å². The lowest BCUT2D eigenvalue weighted by atomic mass is 9.72. The maximum absolute atomic E-state index is 14.7. The van der Waals surface area contributed by atoms with E-state index in [0.29, 0.717) is 16.5 Å². The van der Waals surface area contributed by atoms with Crippen LogP contribution in [0.3, 0.4) is 0 Å². The Labute approximate surface area is 231 Å². The molecule has 1 aromatic heterocycles. The molecule has 1 aliphatic heterocycles. The highest BCUT2D eigenvalue weighted by molar-refractivity contribution is 7.60. The van der Waals surface area contributed by atoms with Crippen molar-refractivity contribution in [2.75, 3.05) is 0 Å². The van der Waals surface area contributed by atoms with Crippen LogP contribution in [-0.4, -0.2) is 55.7 Å². The Hall–Kier alpha value is -4.49. The zero-order valence-corrected chi connectivity index (χ0v) is 21.8. The molecule has 7 N–H and O–H groups in total. The number of halogens is 1. The van der Waals surface area contributed by atoms with Gasteiger partial charge in [0.15, 0.2) is 0 Å². The van der Waals surface area contributed by atoms with Crippen LogP contribution in [0.15, 0.2) is 66.9 Å². The summed E-state index contributed by atoms with van der Waals surface area (Å²) in [7, 11) is -6.62. The van der Waals surface area contributed by atoms with Crippen molar-refractivity contribution in [3.8, 4) is 5.75 Å². The molecule has 0 radical (unpaired) electrons. The summed E-state index contributed by atoms with van der Waals surface area (Å²) in [6.07, 6.45) is 1.60. The van der Waals surface area contributed by atoms with Crippen LogP contribution in [0.4, 0.5) is 4.39 Å². The Morgan fingerprint density at radius 1 is 1.07 bits per heavy atom. The van der Waals surface area contributed by atoms with E-state index in [9.17, 15) is 43.3 Å². The summed E-state index contributed by atoms with van der Waals surface area (Å²) in [5.74, 6) is -5.28. The summed E-state index contributed by atoms with van der Waals surface area (Å²) in [6, 6.07) is 12.0. The van der Waals surface area contributed by atoms with Crippen molar-refractivity contribution >= 4 is 48.7 Å². The summed E-state index contributed by atoms with van der Waals surface area (Å²) < 4.78 is 31.8. The minimum absolute atomic E-state index is 0.0296. The first-order valence-corrected chi connectivity index (χ1v) is 13.8. The van der Waals surface area contributed by atoms with E-state index in [1.165, 1.54) is 18.2 Å². The van der Waals surface area contributed by atoms with Gasteiger partial charge in [0.25, 0.3) is 5.91 Å². The number of aromatic amines is 1. The topological polar surface area (TPSA) is 198 Å². The molecule has 210 valence electrons. The third-order valence-corrected chi connectivity index (χ3v) is 7.66. The maximum atomic E-state index is 14.7. The number of nitrogens with one attached hydrogen (secondary N) is 3. The third kappa shape index (κ3) is 5.58. The number of amides is 2. The molecule has 0 fully saturated rings. The average molecular weight is 581 g/mol. The fourth-order valence-corrected chi connectivity index (χ4v) is 5.33. The largest absolute Gasteiger partial charge is 0.547 e. The van der Waals surface area contributed by atoms with Crippen molar-refractivity contribution in [3.05, 3.63) is 94.9 Å². The zero-order valence-electron chi connectivity index (χ0n) is 20.9. The molecule has 41 heavy (non-hydrogen) atoms. The number of H-pyrrole nitrogens is 1. The van der Waals surface area contributed by atoms with E-state index in [-0.39, 0.29) is 28.9 Å². The lowest BCUT2D eigenvalue weighted by Crippen LogP contribution is -2.55. The molecule has 2 amide bonds. The lowest BCUT2D eigenvalue weighted by molar-refractivity contribution is -0.123. The molecule has 15 heteroatoms. The number of carboxylic acids is 1. The quantitative estimate of drug-likeness (QED) is 0.125. The number of carbonyl (C=O) groups is 3. The predicted molar refractivity (Wildman–Crippen MR) is 144 cm³/mol. The second-order valence-corrected chi connectivity index (χ2v) is 10.9.